The Morgan fingerprint density at radius 1 is 1.04 bits per heavy atom. The molecule has 0 radical (unpaired) electrons. The van der Waals surface area contributed by atoms with Gasteiger partial charge in [-0.2, -0.15) is 5.10 Å². The van der Waals surface area contributed by atoms with Gasteiger partial charge < -0.3 is 10.4 Å². The summed E-state index contributed by atoms with van der Waals surface area (Å²) in [5.74, 6) is -0.913. The van der Waals surface area contributed by atoms with Crippen molar-refractivity contribution >= 4 is 11.7 Å². The van der Waals surface area contributed by atoms with E-state index in [4.69, 9.17) is 0 Å². The molecule has 5 nitrogen and oxygen atoms in total. The van der Waals surface area contributed by atoms with Crippen LogP contribution in [0.2, 0.25) is 0 Å². The number of anilines is 1. The van der Waals surface area contributed by atoms with Crippen LogP contribution in [0, 0.1) is 20.8 Å². The summed E-state index contributed by atoms with van der Waals surface area (Å²) in [6.45, 7) is 6.09. The van der Waals surface area contributed by atoms with Crippen LogP contribution in [0.25, 0.3) is 5.69 Å². The summed E-state index contributed by atoms with van der Waals surface area (Å²) in [5.41, 5.74) is 5.70. The van der Waals surface area contributed by atoms with Crippen molar-refractivity contribution in [2.45, 2.75) is 26.8 Å². The van der Waals surface area contributed by atoms with E-state index < -0.39 is 12.0 Å². The van der Waals surface area contributed by atoms with Crippen LogP contribution in [-0.2, 0) is 4.79 Å². The Kier molecular flexibility index (Phi) is 4.57. The Hall–Kier alpha value is -3.08. The third-order valence-electron chi connectivity index (χ3n) is 4.46. The van der Waals surface area contributed by atoms with Crippen LogP contribution in [0.4, 0.5) is 5.69 Å². The molecule has 0 aliphatic rings. The van der Waals surface area contributed by atoms with E-state index in [-0.39, 0.29) is 0 Å². The van der Waals surface area contributed by atoms with Crippen molar-refractivity contribution in [2.24, 2.45) is 0 Å². The van der Waals surface area contributed by atoms with Crippen molar-refractivity contribution < 1.29 is 9.90 Å². The maximum atomic E-state index is 11.6. The molecule has 1 atom stereocenters. The molecule has 3 aromatic rings. The van der Waals surface area contributed by atoms with Gasteiger partial charge in [-0.1, -0.05) is 30.3 Å². The molecule has 2 aromatic carbocycles. The fourth-order valence-electron chi connectivity index (χ4n) is 2.77. The fourth-order valence-corrected chi connectivity index (χ4v) is 2.77. The molecule has 2 N–H and O–H groups in total. The molecule has 1 aromatic heterocycles. The van der Waals surface area contributed by atoms with Crippen LogP contribution in [0.5, 0.6) is 0 Å². The van der Waals surface area contributed by atoms with Crippen LogP contribution in [0.3, 0.4) is 0 Å². The Labute approximate surface area is 146 Å². The smallest absolute Gasteiger partial charge is 0.330 e. The molecular formula is C20H21N3O2. The lowest BCUT2D eigenvalue weighted by atomic mass is 10.1. The van der Waals surface area contributed by atoms with Crippen molar-refractivity contribution in [2.75, 3.05) is 5.32 Å². The molecular weight excluding hydrogens is 314 g/mol. The van der Waals surface area contributed by atoms with Crippen molar-refractivity contribution in [1.29, 1.82) is 0 Å². The zero-order chi connectivity index (χ0) is 18.0. The number of carboxylic acids is 1. The highest BCUT2D eigenvalue weighted by Gasteiger charge is 2.19. The molecule has 0 fully saturated rings. The lowest BCUT2D eigenvalue weighted by Gasteiger charge is -2.16. The molecule has 1 heterocycles. The zero-order valence-corrected chi connectivity index (χ0v) is 14.5. The summed E-state index contributed by atoms with van der Waals surface area (Å²) < 4.78 is 1.90. The first-order chi connectivity index (χ1) is 12.0. The van der Waals surface area contributed by atoms with Crippen molar-refractivity contribution in [3.05, 3.63) is 77.1 Å². The summed E-state index contributed by atoms with van der Waals surface area (Å²) in [5, 5.41) is 17.1. The van der Waals surface area contributed by atoms with E-state index in [1.54, 1.807) is 12.1 Å². The van der Waals surface area contributed by atoms with E-state index in [0.29, 0.717) is 5.56 Å². The highest BCUT2D eigenvalue weighted by molar-refractivity contribution is 5.79. The van der Waals surface area contributed by atoms with Crippen LogP contribution < -0.4 is 5.32 Å². The molecule has 0 aliphatic carbocycles. The second-order valence-corrected chi connectivity index (χ2v) is 6.08. The predicted molar refractivity (Wildman–Crippen MR) is 98.2 cm³/mol. The first kappa shape index (κ1) is 16.8. The summed E-state index contributed by atoms with van der Waals surface area (Å²) in [4.78, 5) is 11.6. The minimum absolute atomic E-state index is 0.716. The van der Waals surface area contributed by atoms with Crippen molar-refractivity contribution in [3.8, 4) is 5.69 Å². The van der Waals surface area contributed by atoms with Gasteiger partial charge in [0.25, 0.3) is 0 Å². The van der Waals surface area contributed by atoms with Gasteiger partial charge in [0.05, 0.1) is 11.4 Å². The number of rotatable bonds is 5. The lowest BCUT2D eigenvalue weighted by Crippen LogP contribution is -2.20. The lowest BCUT2D eigenvalue weighted by molar-refractivity contribution is -0.138. The summed E-state index contributed by atoms with van der Waals surface area (Å²) in [6, 6.07) is 16.0. The summed E-state index contributed by atoms with van der Waals surface area (Å²) in [7, 11) is 0. The second kappa shape index (κ2) is 6.81. The molecule has 0 amide bonds. The standard InChI is InChI=1S/C20H21N3O2/c1-13-14(2)22-23(15(13)3)18-11-9-17(10-12-18)21-19(20(24)25)16-7-5-4-6-8-16/h4-12,19,21H,1-3H3,(H,24,25). The molecule has 25 heavy (non-hydrogen) atoms. The van der Waals surface area contributed by atoms with Crippen LogP contribution >= 0.6 is 0 Å². The number of nitrogens with one attached hydrogen (secondary N) is 1. The van der Waals surface area contributed by atoms with Crippen LogP contribution in [-0.4, -0.2) is 20.9 Å². The highest BCUT2D eigenvalue weighted by atomic mass is 16.4. The maximum Gasteiger partial charge on any atom is 0.330 e. The van der Waals surface area contributed by atoms with Gasteiger partial charge in [-0.05, 0) is 56.2 Å². The molecule has 0 bridgehead atoms. The Morgan fingerprint density at radius 2 is 1.68 bits per heavy atom. The largest absolute Gasteiger partial charge is 0.479 e. The van der Waals surface area contributed by atoms with E-state index in [1.165, 1.54) is 5.56 Å². The third kappa shape index (κ3) is 3.40. The average molecular weight is 335 g/mol. The topological polar surface area (TPSA) is 67.2 Å². The predicted octanol–water partition coefficient (Wildman–Crippen LogP) is 4.04. The minimum Gasteiger partial charge on any atom is -0.479 e. The van der Waals surface area contributed by atoms with E-state index in [2.05, 4.69) is 17.3 Å². The first-order valence-electron chi connectivity index (χ1n) is 8.15. The maximum absolute atomic E-state index is 11.6. The van der Waals surface area contributed by atoms with Crippen LogP contribution in [0.15, 0.2) is 54.6 Å². The molecule has 3 rings (SSSR count). The van der Waals surface area contributed by atoms with Crippen LogP contribution in [0.1, 0.15) is 28.6 Å². The molecule has 0 aliphatic heterocycles. The number of carboxylic acid groups (broad SMARTS) is 1. The van der Waals surface area contributed by atoms with Gasteiger partial charge in [0, 0.05) is 11.4 Å². The van der Waals surface area contributed by atoms with Gasteiger partial charge in [0.15, 0.2) is 6.04 Å². The number of aliphatic carboxylic acids is 1. The van der Waals surface area contributed by atoms with Crippen molar-refractivity contribution in [3.63, 3.8) is 0 Å². The van der Waals surface area contributed by atoms with E-state index in [1.807, 2.05) is 61.0 Å². The second-order valence-electron chi connectivity index (χ2n) is 6.08. The SMILES string of the molecule is Cc1nn(-c2ccc(NC(C(=O)O)c3ccccc3)cc2)c(C)c1C. The van der Waals surface area contributed by atoms with Gasteiger partial charge >= 0.3 is 5.97 Å². The molecule has 5 heteroatoms. The number of benzene rings is 2. The monoisotopic (exact) mass is 335 g/mol. The van der Waals surface area contributed by atoms with E-state index in [0.717, 1.165) is 22.8 Å². The van der Waals surface area contributed by atoms with Gasteiger partial charge in [-0.25, -0.2) is 9.48 Å². The first-order valence-corrected chi connectivity index (χ1v) is 8.15. The van der Waals surface area contributed by atoms with E-state index in [9.17, 15) is 9.90 Å². The van der Waals surface area contributed by atoms with Gasteiger partial charge in [-0.3, -0.25) is 0 Å². The Balaban J connectivity index is 1.84. The quantitative estimate of drug-likeness (QED) is 0.738. The highest BCUT2D eigenvalue weighted by Crippen LogP contribution is 2.22. The number of carbonyl (C=O) groups is 1. The summed E-state index contributed by atoms with van der Waals surface area (Å²) >= 11 is 0. The molecule has 0 spiro atoms. The van der Waals surface area contributed by atoms with Crippen molar-refractivity contribution in [1.82, 2.24) is 9.78 Å². The molecule has 0 saturated carbocycles. The summed E-state index contributed by atoms with van der Waals surface area (Å²) in [6.07, 6.45) is 0. The average Bonchev–Trinajstić information content (AvgIpc) is 2.88. The normalized spacial score (nSPS) is 12.0. The van der Waals surface area contributed by atoms with Gasteiger partial charge in [0.1, 0.15) is 0 Å². The molecule has 0 saturated heterocycles. The number of hydrogen-bond acceptors (Lipinski definition) is 3. The number of hydrogen-bond donors (Lipinski definition) is 2. The van der Waals surface area contributed by atoms with E-state index >= 15 is 0 Å². The number of nitrogens with zero attached hydrogens (tertiary/aromatic N) is 2. The zero-order valence-electron chi connectivity index (χ0n) is 14.5. The fraction of sp³-hybridized carbons (Fsp3) is 0.200. The third-order valence-corrected chi connectivity index (χ3v) is 4.46. The van der Waals surface area contributed by atoms with Gasteiger partial charge in [0.2, 0.25) is 0 Å². The van der Waals surface area contributed by atoms with Gasteiger partial charge in [-0.15, -0.1) is 0 Å². The number of aromatic nitrogens is 2. The number of aryl methyl sites for hydroxylation is 1. The Bertz CT molecular complexity index is 883. The minimum atomic E-state index is -0.913. The molecule has 1 unspecified atom stereocenters. The Morgan fingerprint density at radius 3 is 2.20 bits per heavy atom. The molecule has 128 valence electrons.